The number of carbonyl (C=O) groups is 1. The molecule has 1 saturated heterocycles. The second-order valence-electron chi connectivity index (χ2n) is 5.58. The zero-order valence-corrected chi connectivity index (χ0v) is 12.0. The van der Waals surface area contributed by atoms with E-state index in [2.05, 4.69) is 42.7 Å². The monoisotopic (exact) mass is 260 g/mol. The Hall–Kier alpha value is -1.35. The molecule has 0 spiro atoms. The lowest BCUT2D eigenvalue weighted by molar-refractivity contribution is -0.125. The van der Waals surface area contributed by atoms with Gasteiger partial charge in [0.2, 0.25) is 5.91 Å². The van der Waals surface area contributed by atoms with Gasteiger partial charge in [0.15, 0.2) is 0 Å². The first-order valence-corrected chi connectivity index (χ1v) is 7.21. The maximum atomic E-state index is 12.0. The first kappa shape index (κ1) is 14.1. The predicted octanol–water partition coefficient (Wildman–Crippen LogP) is 1.96. The van der Waals surface area contributed by atoms with Gasteiger partial charge >= 0.3 is 0 Å². The van der Waals surface area contributed by atoms with Crippen molar-refractivity contribution in [1.82, 2.24) is 10.6 Å². The van der Waals surface area contributed by atoms with Crippen LogP contribution in [0.4, 0.5) is 0 Å². The van der Waals surface area contributed by atoms with Crippen molar-refractivity contribution in [3.8, 4) is 0 Å². The summed E-state index contributed by atoms with van der Waals surface area (Å²) in [4.78, 5) is 12.0. The minimum Gasteiger partial charge on any atom is -0.355 e. The Bertz CT molecular complexity index is 416. The molecule has 1 aromatic rings. The van der Waals surface area contributed by atoms with Crippen LogP contribution < -0.4 is 10.6 Å². The summed E-state index contributed by atoms with van der Waals surface area (Å²) >= 11 is 0. The van der Waals surface area contributed by atoms with E-state index in [1.54, 1.807) is 0 Å². The molecule has 3 heteroatoms. The highest BCUT2D eigenvalue weighted by Gasteiger charge is 2.20. The number of rotatable bonds is 4. The number of amides is 1. The molecule has 0 aromatic heterocycles. The molecular weight excluding hydrogens is 236 g/mol. The topological polar surface area (TPSA) is 41.1 Å². The van der Waals surface area contributed by atoms with E-state index in [-0.39, 0.29) is 11.8 Å². The molecule has 2 N–H and O–H groups in total. The first-order valence-electron chi connectivity index (χ1n) is 7.21. The highest BCUT2D eigenvalue weighted by Crippen LogP contribution is 2.11. The van der Waals surface area contributed by atoms with Crippen molar-refractivity contribution < 1.29 is 4.79 Å². The highest BCUT2D eigenvalue weighted by atomic mass is 16.1. The molecule has 3 nitrogen and oxygen atoms in total. The summed E-state index contributed by atoms with van der Waals surface area (Å²) in [6.07, 6.45) is 3.03. The molecule has 0 bridgehead atoms. The molecule has 1 heterocycles. The molecule has 2 rings (SSSR count). The van der Waals surface area contributed by atoms with E-state index in [1.165, 1.54) is 16.7 Å². The summed E-state index contributed by atoms with van der Waals surface area (Å²) in [5.74, 6) is 0.365. The van der Waals surface area contributed by atoms with E-state index >= 15 is 0 Å². The second-order valence-corrected chi connectivity index (χ2v) is 5.58. The number of aryl methyl sites for hydroxylation is 2. The molecule has 104 valence electrons. The Morgan fingerprint density at radius 1 is 1.32 bits per heavy atom. The molecule has 0 saturated carbocycles. The van der Waals surface area contributed by atoms with Crippen LogP contribution in [0.3, 0.4) is 0 Å². The van der Waals surface area contributed by atoms with Crippen LogP contribution in [-0.4, -0.2) is 25.5 Å². The first-order chi connectivity index (χ1) is 9.15. The number of nitrogens with one attached hydrogen (secondary N) is 2. The lowest BCUT2D eigenvalue weighted by Gasteiger charge is -2.21. The Labute approximate surface area is 115 Å². The van der Waals surface area contributed by atoms with E-state index in [0.717, 1.165) is 38.9 Å². The number of hydrogen-bond acceptors (Lipinski definition) is 2. The maximum absolute atomic E-state index is 12.0. The van der Waals surface area contributed by atoms with Gasteiger partial charge in [0.25, 0.3) is 0 Å². The van der Waals surface area contributed by atoms with Gasteiger partial charge in [-0.05, 0) is 45.2 Å². The van der Waals surface area contributed by atoms with Crippen LogP contribution in [0.2, 0.25) is 0 Å². The lowest BCUT2D eigenvalue weighted by Crippen LogP contribution is -2.41. The van der Waals surface area contributed by atoms with Crippen LogP contribution in [0.1, 0.15) is 29.5 Å². The van der Waals surface area contributed by atoms with Crippen molar-refractivity contribution in [3.63, 3.8) is 0 Å². The second kappa shape index (κ2) is 6.71. The molecular formula is C16H24N2O. The van der Waals surface area contributed by atoms with Crippen LogP contribution in [-0.2, 0) is 11.2 Å². The van der Waals surface area contributed by atoms with Gasteiger partial charge in [-0.3, -0.25) is 4.79 Å². The molecule has 1 aliphatic heterocycles. The molecule has 1 atom stereocenters. The van der Waals surface area contributed by atoms with Gasteiger partial charge in [0, 0.05) is 13.1 Å². The van der Waals surface area contributed by atoms with Crippen molar-refractivity contribution in [2.45, 2.75) is 33.1 Å². The van der Waals surface area contributed by atoms with Crippen LogP contribution >= 0.6 is 0 Å². The van der Waals surface area contributed by atoms with Crippen molar-refractivity contribution in [3.05, 3.63) is 34.9 Å². The van der Waals surface area contributed by atoms with Gasteiger partial charge in [-0.25, -0.2) is 0 Å². The molecule has 19 heavy (non-hydrogen) atoms. The largest absolute Gasteiger partial charge is 0.355 e. The molecule has 1 unspecified atom stereocenters. The third-order valence-corrected chi connectivity index (χ3v) is 3.66. The average Bonchev–Trinajstić information content (AvgIpc) is 2.38. The van der Waals surface area contributed by atoms with Gasteiger partial charge in [0.1, 0.15) is 0 Å². The third kappa shape index (κ3) is 4.35. The normalized spacial score (nSPS) is 19.2. The van der Waals surface area contributed by atoms with E-state index in [0.29, 0.717) is 0 Å². The number of piperidine rings is 1. The zero-order valence-electron chi connectivity index (χ0n) is 12.0. The smallest absolute Gasteiger partial charge is 0.224 e. The fourth-order valence-electron chi connectivity index (χ4n) is 2.76. The SMILES string of the molecule is Cc1cc(C)cc(CCNC(=O)C2CCCNC2)c1. The summed E-state index contributed by atoms with van der Waals surface area (Å²) in [5.41, 5.74) is 3.88. The summed E-state index contributed by atoms with van der Waals surface area (Å²) in [5, 5.41) is 6.34. The van der Waals surface area contributed by atoms with E-state index in [4.69, 9.17) is 0 Å². The van der Waals surface area contributed by atoms with Gasteiger partial charge in [0.05, 0.1) is 5.92 Å². The van der Waals surface area contributed by atoms with Gasteiger partial charge in [-0.1, -0.05) is 29.3 Å². The van der Waals surface area contributed by atoms with Crippen LogP contribution in [0.15, 0.2) is 18.2 Å². The Balaban J connectivity index is 1.77. The fourth-order valence-corrected chi connectivity index (χ4v) is 2.76. The van der Waals surface area contributed by atoms with Crippen LogP contribution in [0.25, 0.3) is 0 Å². The number of benzene rings is 1. The van der Waals surface area contributed by atoms with Crippen molar-refractivity contribution in [2.24, 2.45) is 5.92 Å². The zero-order chi connectivity index (χ0) is 13.7. The molecule has 0 radical (unpaired) electrons. The van der Waals surface area contributed by atoms with Crippen LogP contribution in [0, 0.1) is 19.8 Å². The number of carbonyl (C=O) groups excluding carboxylic acids is 1. The molecule has 1 fully saturated rings. The molecule has 1 amide bonds. The van der Waals surface area contributed by atoms with Gasteiger partial charge < -0.3 is 10.6 Å². The average molecular weight is 260 g/mol. The highest BCUT2D eigenvalue weighted by molar-refractivity contribution is 5.78. The van der Waals surface area contributed by atoms with Gasteiger partial charge in [-0.15, -0.1) is 0 Å². The molecule has 1 aliphatic rings. The minimum absolute atomic E-state index is 0.160. The summed E-state index contributed by atoms with van der Waals surface area (Å²) in [7, 11) is 0. The van der Waals surface area contributed by atoms with Crippen molar-refractivity contribution in [2.75, 3.05) is 19.6 Å². The summed E-state index contributed by atoms with van der Waals surface area (Å²) in [6, 6.07) is 6.57. The van der Waals surface area contributed by atoms with Crippen LogP contribution in [0.5, 0.6) is 0 Å². The number of hydrogen-bond donors (Lipinski definition) is 2. The lowest BCUT2D eigenvalue weighted by atomic mass is 9.98. The van der Waals surface area contributed by atoms with Gasteiger partial charge in [-0.2, -0.15) is 0 Å². The maximum Gasteiger partial charge on any atom is 0.224 e. The molecule has 0 aliphatic carbocycles. The van der Waals surface area contributed by atoms with E-state index in [9.17, 15) is 4.79 Å². The predicted molar refractivity (Wildman–Crippen MR) is 78.2 cm³/mol. The standard InChI is InChI=1S/C16H24N2O/c1-12-8-13(2)10-14(9-12)5-7-18-16(19)15-4-3-6-17-11-15/h8-10,15,17H,3-7,11H2,1-2H3,(H,18,19). The Morgan fingerprint density at radius 2 is 2.05 bits per heavy atom. The minimum atomic E-state index is 0.160. The summed E-state index contributed by atoms with van der Waals surface area (Å²) < 4.78 is 0. The Kier molecular flexibility index (Phi) is 4.97. The fraction of sp³-hybridized carbons (Fsp3) is 0.562. The quantitative estimate of drug-likeness (QED) is 0.869. The van der Waals surface area contributed by atoms with E-state index < -0.39 is 0 Å². The molecule has 1 aromatic carbocycles. The van der Waals surface area contributed by atoms with Crippen molar-refractivity contribution >= 4 is 5.91 Å². The summed E-state index contributed by atoms with van der Waals surface area (Å²) in [6.45, 7) is 6.84. The Morgan fingerprint density at radius 3 is 2.68 bits per heavy atom. The third-order valence-electron chi connectivity index (χ3n) is 3.66. The van der Waals surface area contributed by atoms with E-state index in [1.807, 2.05) is 0 Å². The van der Waals surface area contributed by atoms with Crippen molar-refractivity contribution in [1.29, 1.82) is 0 Å².